The van der Waals surface area contributed by atoms with E-state index in [2.05, 4.69) is 26.7 Å². The summed E-state index contributed by atoms with van der Waals surface area (Å²) in [6.07, 6.45) is 9.82. The van der Waals surface area contributed by atoms with Crippen LogP contribution in [-0.2, 0) is 6.42 Å². The van der Waals surface area contributed by atoms with Gasteiger partial charge in [-0.1, -0.05) is 37.5 Å². The molecule has 2 amide bonds. The van der Waals surface area contributed by atoms with E-state index in [4.69, 9.17) is 0 Å². The number of aromatic nitrogens is 2. The molecule has 1 aliphatic carbocycles. The summed E-state index contributed by atoms with van der Waals surface area (Å²) in [7, 11) is 0. The number of hydrogen-bond acceptors (Lipinski definition) is 3. The van der Waals surface area contributed by atoms with Gasteiger partial charge in [0.2, 0.25) is 0 Å². The molecule has 1 aromatic carbocycles. The molecule has 150 valence electrons. The highest BCUT2D eigenvalue weighted by atomic mass is 16.2. The van der Waals surface area contributed by atoms with Gasteiger partial charge in [-0.2, -0.15) is 0 Å². The first kappa shape index (κ1) is 19.2. The number of para-hydroxylation sites is 1. The molecule has 4 rings (SSSR count). The van der Waals surface area contributed by atoms with Crippen molar-refractivity contribution in [3.63, 3.8) is 0 Å². The Bertz CT molecular complexity index is 1000. The maximum absolute atomic E-state index is 12.5. The van der Waals surface area contributed by atoms with Gasteiger partial charge in [-0.25, -0.2) is 0 Å². The minimum Gasteiger partial charge on any atom is -0.361 e. The summed E-state index contributed by atoms with van der Waals surface area (Å²) >= 11 is 0. The molecule has 29 heavy (non-hydrogen) atoms. The maximum Gasteiger partial charge on any atom is 0.269 e. The zero-order chi connectivity index (χ0) is 20.1. The number of nitrogens with one attached hydrogen (secondary N) is 3. The number of carbonyl (C=O) groups is 2. The Morgan fingerprint density at radius 3 is 2.76 bits per heavy atom. The van der Waals surface area contributed by atoms with Gasteiger partial charge < -0.3 is 15.6 Å². The monoisotopic (exact) mass is 390 g/mol. The van der Waals surface area contributed by atoms with Gasteiger partial charge in [-0.05, 0) is 43.0 Å². The first-order chi connectivity index (χ1) is 14.2. The third-order valence-electron chi connectivity index (χ3n) is 5.55. The number of benzene rings is 1. The highest BCUT2D eigenvalue weighted by Gasteiger charge is 2.18. The van der Waals surface area contributed by atoms with Crippen LogP contribution in [0.15, 0.2) is 48.8 Å². The van der Waals surface area contributed by atoms with Crippen LogP contribution in [0, 0.1) is 0 Å². The van der Waals surface area contributed by atoms with Crippen LogP contribution in [0.5, 0.6) is 0 Å². The molecule has 0 saturated heterocycles. The SMILES string of the molecule is O=C(NC1CCCCC1)c1ccnc(C(=O)NCCc2c[nH]c3ccccc23)c1. The van der Waals surface area contributed by atoms with Gasteiger partial charge in [0.1, 0.15) is 5.69 Å². The maximum atomic E-state index is 12.5. The van der Waals surface area contributed by atoms with Crippen molar-refractivity contribution < 1.29 is 9.59 Å². The van der Waals surface area contributed by atoms with E-state index >= 15 is 0 Å². The molecule has 6 nitrogen and oxygen atoms in total. The molecule has 3 N–H and O–H groups in total. The summed E-state index contributed by atoms with van der Waals surface area (Å²) in [4.78, 5) is 32.4. The molecule has 0 radical (unpaired) electrons. The number of amides is 2. The van der Waals surface area contributed by atoms with Crippen molar-refractivity contribution in [3.8, 4) is 0 Å². The van der Waals surface area contributed by atoms with Crippen molar-refractivity contribution in [2.24, 2.45) is 0 Å². The first-order valence-electron chi connectivity index (χ1n) is 10.3. The van der Waals surface area contributed by atoms with Crippen LogP contribution in [0.2, 0.25) is 0 Å². The lowest BCUT2D eigenvalue weighted by molar-refractivity contribution is 0.0927. The Balaban J connectivity index is 1.33. The molecule has 1 aliphatic rings. The van der Waals surface area contributed by atoms with E-state index in [1.807, 2.05) is 24.4 Å². The van der Waals surface area contributed by atoms with Crippen molar-refractivity contribution in [2.75, 3.05) is 6.54 Å². The number of aromatic amines is 1. The molecule has 2 heterocycles. The lowest BCUT2D eigenvalue weighted by Gasteiger charge is -2.22. The molecule has 0 aliphatic heterocycles. The predicted molar refractivity (Wildman–Crippen MR) is 113 cm³/mol. The number of H-pyrrole nitrogens is 1. The van der Waals surface area contributed by atoms with Crippen LogP contribution in [0.3, 0.4) is 0 Å². The van der Waals surface area contributed by atoms with Gasteiger partial charge in [-0.3, -0.25) is 14.6 Å². The lowest BCUT2D eigenvalue weighted by Crippen LogP contribution is -2.36. The Hall–Kier alpha value is -3.15. The minimum atomic E-state index is -0.267. The van der Waals surface area contributed by atoms with E-state index in [0.29, 0.717) is 12.1 Å². The second kappa shape index (κ2) is 8.90. The highest BCUT2D eigenvalue weighted by molar-refractivity contribution is 5.98. The number of hydrogen-bond donors (Lipinski definition) is 3. The molecule has 2 aromatic heterocycles. The number of pyridine rings is 1. The molecule has 3 aromatic rings. The van der Waals surface area contributed by atoms with Crippen LogP contribution in [0.4, 0.5) is 0 Å². The average Bonchev–Trinajstić information content (AvgIpc) is 3.18. The molecular weight excluding hydrogens is 364 g/mol. The van der Waals surface area contributed by atoms with Crippen molar-refractivity contribution >= 4 is 22.7 Å². The Morgan fingerprint density at radius 1 is 1.07 bits per heavy atom. The highest BCUT2D eigenvalue weighted by Crippen LogP contribution is 2.19. The fourth-order valence-corrected chi connectivity index (χ4v) is 3.95. The molecule has 1 saturated carbocycles. The Morgan fingerprint density at radius 2 is 1.90 bits per heavy atom. The van der Waals surface area contributed by atoms with E-state index in [0.717, 1.165) is 43.2 Å². The molecule has 1 fully saturated rings. The Kier molecular flexibility index (Phi) is 5.89. The number of carbonyl (C=O) groups excluding carboxylic acids is 2. The van der Waals surface area contributed by atoms with E-state index in [1.165, 1.54) is 18.0 Å². The summed E-state index contributed by atoms with van der Waals surface area (Å²) in [5.41, 5.74) is 2.99. The summed E-state index contributed by atoms with van der Waals surface area (Å²) in [6.45, 7) is 0.501. The second-order valence-corrected chi connectivity index (χ2v) is 7.60. The van der Waals surface area contributed by atoms with Crippen LogP contribution < -0.4 is 10.6 Å². The van der Waals surface area contributed by atoms with E-state index < -0.39 is 0 Å². The van der Waals surface area contributed by atoms with Gasteiger partial charge >= 0.3 is 0 Å². The molecule has 0 spiro atoms. The normalized spacial score (nSPS) is 14.6. The quantitative estimate of drug-likeness (QED) is 0.601. The van der Waals surface area contributed by atoms with Crippen molar-refractivity contribution in [1.29, 1.82) is 0 Å². The molecular formula is C23H26N4O2. The third-order valence-corrected chi connectivity index (χ3v) is 5.55. The molecule has 0 atom stereocenters. The summed E-state index contributed by atoms with van der Waals surface area (Å²) in [6, 6.07) is 11.6. The standard InChI is InChI=1S/C23H26N4O2/c28-22(27-18-6-2-1-3-7-18)16-10-12-24-21(14-16)23(29)25-13-11-17-15-26-20-9-5-4-8-19(17)20/h4-5,8-10,12,14-15,18,26H,1-3,6-7,11,13H2,(H,25,29)(H,27,28). The van der Waals surface area contributed by atoms with E-state index in [-0.39, 0.29) is 23.6 Å². The third kappa shape index (κ3) is 4.65. The van der Waals surface area contributed by atoms with Crippen molar-refractivity contribution in [1.82, 2.24) is 20.6 Å². The van der Waals surface area contributed by atoms with Gasteiger partial charge in [0.05, 0.1) is 0 Å². The van der Waals surface area contributed by atoms with Crippen LogP contribution >= 0.6 is 0 Å². The molecule has 6 heteroatoms. The smallest absolute Gasteiger partial charge is 0.269 e. The summed E-state index contributed by atoms with van der Waals surface area (Å²) in [5, 5.41) is 7.15. The van der Waals surface area contributed by atoms with Crippen LogP contribution in [0.25, 0.3) is 10.9 Å². The number of rotatable bonds is 6. The topological polar surface area (TPSA) is 86.9 Å². The largest absolute Gasteiger partial charge is 0.361 e. The van der Waals surface area contributed by atoms with Gasteiger partial charge in [0.25, 0.3) is 11.8 Å². The number of fused-ring (bicyclic) bond motifs is 1. The van der Waals surface area contributed by atoms with E-state index in [9.17, 15) is 9.59 Å². The number of nitrogens with zero attached hydrogens (tertiary/aromatic N) is 1. The predicted octanol–water partition coefficient (Wildman–Crippen LogP) is 3.60. The van der Waals surface area contributed by atoms with Gasteiger partial charge in [0.15, 0.2) is 0 Å². The van der Waals surface area contributed by atoms with E-state index in [1.54, 1.807) is 12.1 Å². The zero-order valence-corrected chi connectivity index (χ0v) is 16.4. The average molecular weight is 390 g/mol. The zero-order valence-electron chi connectivity index (χ0n) is 16.4. The summed E-state index contributed by atoms with van der Waals surface area (Å²) < 4.78 is 0. The first-order valence-corrected chi connectivity index (χ1v) is 10.3. The second-order valence-electron chi connectivity index (χ2n) is 7.60. The Labute approximate surface area is 170 Å². The van der Waals surface area contributed by atoms with Crippen LogP contribution in [-0.4, -0.2) is 34.4 Å². The fraction of sp³-hybridized carbons (Fsp3) is 0.348. The van der Waals surface area contributed by atoms with Crippen LogP contribution in [0.1, 0.15) is 58.5 Å². The van der Waals surface area contributed by atoms with Gasteiger partial charge in [-0.15, -0.1) is 0 Å². The summed E-state index contributed by atoms with van der Waals surface area (Å²) in [5.74, 6) is -0.399. The molecule has 0 bridgehead atoms. The molecule has 0 unspecified atom stereocenters. The van der Waals surface area contributed by atoms with Gasteiger partial charge in [0, 0.05) is 41.4 Å². The fourth-order valence-electron chi connectivity index (χ4n) is 3.95. The lowest BCUT2D eigenvalue weighted by atomic mass is 9.95. The van der Waals surface area contributed by atoms with Crippen molar-refractivity contribution in [2.45, 2.75) is 44.6 Å². The minimum absolute atomic E-state index is 0.132. The van der Waals surface area contributed by atoms with Crippen molar-refractivity contribution in [3.05, 3.63) is 65.6 Å².